The van der Waals surface area contributed by atoms with Crippen LogP contribution in [-0.2, 0) is 0 Å². The van der Waals surface area contributed by atoms with E-state index in [-0.39, 0.29) is 5.52 Å². The minimum Gasteiger partial charge on any atom is -0.495 e. The van der Waals surface area contributed by atoms with Crippen LogP contribution in [0, 0.1) is 5.82 Å². The van der Waals surface area contributed by atoms with Crippen molar-refractivity contribution >= 4 is 57.0 Å². The summed E-state index contributed by atoms with van der Waals surface area (Å²) in [5, 5.41) is 8.00. The van der Waals surface area contributed by atoms with Crippen LogP contribution in [0.2, 0.25) is 10.0 Å². The number of ether oxygens (including phenoxy) is 1. The second kappa shape index (κ2) is 8.15. The first-order valence-electron chi connectivity index (χ1n) is 8.76. The van der Waals surface area contributed by atoms with Gasteiger partial charge < -0.3 is 15.4 Å². The number of aromatic nitrogens is 1. The van der Waals surface area contributed by atoms with Crippen LogP contribution in [0.15, 0.2) is 66.7 Å². The van der Waals surface area contributed by atoms with Crippen molar-refractivity contribution in [3.8, 4) is 5.75 Å². The molecule has 1 heterocycles. The molecule has 4 nitrogen and oxygen atoms in total. The van der Waals surface area contributed by atoms with Crippen LogP contribution in [0.5, 0.6) is 5.75 Å². The fourth-order valence-corrected chi connectivity index (χ4v) is 3.29. The molecule has 2 N–H and O–H groups in total. The van der Waals surface area contributed by atoms with Crippen molar-refractivity contribution in [3.05, 3.63) is 82.6 Å². The number of pyridine rings is 1. The molecular formula is C22H16Cl2FN3O. The third-order valence-corrected chi connectivity index (χ3v) is 5.10. The Labute approximate surface area is 177 Å². The van der Waals surface area contributed by atoms with E-state index in [0.717, 1.165) is 11.4 Å². The summed E-state index contributed by atoms with van der Waals surface area (Å²) in [6.45, 7) is 0. The molecule has 0 radical (unpaired) electrons. The predicted molar refractivity (Wildman–Crippen MR) is 118 cm³/mol. The van der Waals surface area contributed by atoms with Gasteiger partial charge in [0.25, 0.3) is 0 Å². The molecule has 0 amide bonds. The average molecular weight is 428 g/mol. The van der Waals surface area contributed by atoms with E-state index in [1.807, 2.05) is 24.3 Å². The van der Waals surface area contributed by atoms with Gasteiger partial charge in [-0.25, -0.2) is 9.37 Å². The van der Waals surface area contributed by atoms with Gasteiger partial charge in [-0.1, -0.05) is 47.5 Å². The topological polar surface area (TPSA) is 46.2 Å². The van der Waals surface area contributed by atoms with Crippen LogP contribution >= 0.6 is 23.2 Å². The normalized spacial score (nSPS) is 10.8. The highest BCUT2D eigenvalue weighted by Gasteiger charge is 2.12. The van der Waals surface area contributed by atoms with E-state index in [9.17, 15) is 4.39 Å². The summed E-state index contributed by atoms with van der Waals surface area (Å²) < 4.78 is 19.9. The van der Waals surface area contributed by atoms with Crippen LogP contribution in [-0.4, -0.2) is 12.1 Å². The molecule has 0 bridgehead atoms. The molecule has 7 heteroatoms. The number of nitrogens with zero attached hydrogens (tertiary/aromatic N) is 1. The fraction of sp³-hybridized carbons (Fsp3) is 0.0455. The van der Waals surface area contributed by atoms with Gasteiger partial charge in [-0.15, -0.1) is 0 Å². The van der Waals surface area contributed by atoms with Crippen molar-refractivity contribution in [2.45, 2.75) is 0 Å². The molecule has 1 aromatic heterocycles. The van der Waals surface area contributed by atoms with Crippen molar-refractivity contribution in [3.63, 3.8) is 0 Å². The molecular weight excluding hydrogens is 412 g/mol. The maximum absolute atomic E-state index is 14.5. The van der Waals surface area contributed by atoms with Crippen molar-refractivity contribution in [1.82, 2.24) is 4.98 Å². The number of methoxy groups -OCH3 is 1. The molecule has 0 saturated heterocycles. The van der Waals surface area contributed by atoms with E-state index in [4.69, 9.17) is 27.9 Å². The van der Waals surface area contributed by atoms with Gasteiger partial charge in [0.15, 0.2) is 0 Å². The molecule has 0 aliphatic carbocycles. The molecule has 4 rings (SSSR count). The molecule has 3 aromatic carbocycles. The Morgan fingerprint density at radius 3 is 2.48 bits per heavy atom. The maximum Gasteiger partial charge on any atom is 0.149 e. The van der Waals surface area contributed by atoms with Crippen LogP contribution in [0.3, 0.4) is 0 Å². The van der Waals surface area contributed by atoms with E-state index in [1.165, 1.54) is 6.07 Å². The molecule has 0 aliphatic heterocycles. The minimum absolute atomic E-state index is 0.245. The number of hydrogen-bond donors (Lipinski definition) is 2. The number of nitrogens with one attached hydrogen (secondary N) is 2. The smallest absolute Gasteiger partial charge is 0.149 e. The van der Waals surface area contributed by atoms with Gasteiger partial charge in [-0.05, 0) is 36.4 Å². The van der Waals surface area contributed by atoms with Gasteiger partial charge in [0, 0.05) is 17.1 Å². The zero-order valence-electron chi connectivity index (χ0n) is 15.3. The Kier molecular flexibility index (Phi) is 5.43. The zero-order chi connectivity index (χ0) is 20.4. The molecule has 0 spiro atoms. The number of hydrogen-bond acceptors (Lipinski definition) is 4. The van der Waals surface area contributed by atoms with Crippen molar-refractivity contribution in [2.24, 2.45) is 0 Å². The number of para-hydroxylation sites is 3. The fourth-order valence-electron chi connectivity index (χ4n) is 3.00. The zero-order valence-corrected chi connectivity index (χ0v) is 16.9. The van der Waals surface area contributed by atoms with Gasteiger partial charge in [-0.3, -0.25) is 0 Å². The van der Waals surface area contributed by atoms with Gasteiger partial charge in [0.1, 0.15) is 22.9 Å². The number of benzene rings is 3. The Bertz CT molecular complexity index is 1200. The van der Waals surface area contributed by atoms with Crippen molar-refractivity contribution in [2.75, 3.05) is 17.7 Å². The van der Waals surface area contributed by atoms with Crippen molar-refractivity contribution in [1.29, 1.82) is 0 Å². The van der Waals surface area contributed by atoms with E-state index < -0.39 is 5.82 Å². The van der Waals surface area contributed by atoms with E-state index in [1.54, 1.807) is 43.5 Å². The molecule has 29 heavy (non-hydrogen) atoms. The van der Waals surface area contributed by atoms with Crippen molar-refractivity contribution < 1.29 is 9.13 Å². The molecule has 0 fully saturated rings. The van der Waals surface area contributed by atoms with Crippen LogP contribution in [0.4, 0.5) is 27.3 Å². The lowest BCUT2D eigenvalue weighted by molar-refractivity contribution is 0.417. The SMILES string of the molecule is COc1ccccc1Nc1cc(Nc2ccc(Cl)c(Cl)c2)c2cccc(F)c2n1. The van der Waals surface area contributed by atoms with E-state index >= 15 is 0 Å². The monoisotopic (exact) mass is 427 g/mol. The highest BCUT2D eigenvalue weighted by molar-refractivity contribution is 6.42. The van der Waals surface area contributed by atoms with E-state index in [0.29, 0.717) is 32.7 Å². The summed E-state index contributed by atoms with van der Waals surface area (Å²) in [4.78, 5) is 4.45. The third kappa shape index (κ3) is 4.06. The summed E-state index contributed by atoms with van der Waals surface area (Å²) in [5.41, 5.74) is 2.36. The largest absolute Gasteiger partial charge is 0.495 e. The summed E-state index contributed by atoms with van der Waals surface area (Å²) in [6.07, 6.45) is 0. The summed E-state index contributed by atoms with van der Waals surface area (Å²) in [6, 6.07) is 19.3. The maximum atomic E-state index is 14.5. The Morgan fingerprint density at radius 1 is 0.862 bits per heavy atom. The summed E-state index contributed by atoms with van der Waals surface area (Å²) >= 11 is 12.1. The van der Waals surface area contributed by atoms with Gasteiger partial charge in [0.2, 0.25) is 0 Å². The van der Waals surface area contributed by atoms with E-state index in [2.05, 4.69) is 15.6 Å². The summed E-state index contributed by atoms with van der Waals surface area (Å²) in [5.74, 6) is 0.708. The average Bonchev–Trinajstić information content (AvgIpc) is 2.72. The summed E-state index contributed by atoms with van der Waals surface area (Å²) in [7, 11) is 1.59. The van der Waals surface area contributed by atoms with Crippen LogP contribution < -0.4 is 15.4 Å². The first-order valence-corrected chi connectivity index (χ1v) is 9.52. The Hall–Kier alpha value is -3.02. The van der Waals surface area contributed by atoms with Gasteiger partial charge in [-0.2, -0.15) is 0 Å². The quantitative estimate of drug-likeness (QED) is 0.354. The van der Waals surface area contributed by atoms with Gasteiger partial charge in [0.05, 0.1) is 28.5 Å². The molecule has 0 unspecified atom stereocenters. The lowest BCUT2D eigenvalue weighted by atomic mass is 10.1. The van der Waals surface area contributed by atoms with Crippen LogP contribution in [0.1, 0.15) is 0 Å². The first-order chi connectivity index (χ1) is 14.0. The first kappa shape index (κ1) is 19.3. The lowest BCUT2D eigenvalue weighted by Crippen LogP contribution is -2.00. The predicted octanol–water partition coefficient (Wildman–Crippen LogP) is 7.18. The molecule has 0 saturated carbocycles. The molecule has 0 aliphatic rings. The number of halogens is 3. The number of rotatable bonds is 5. The highest BCUT2D eigenvalue weighted by Crippen LogP contribution is 2.34. The Morgan fingerprint density at radius 2 is 1.69 bits per heavy atom. The lowest BCUT2D eigenvalue weighted by Gasteiger charge is -2.15. The standard InChI is InChI=1S/C22H16Cl2FN3O/c1-29-20-8-3-2-7-18(20)27-21-12-19(14-5-4-6-17(25)22(14)28-21)26-13-9-10-15(23)16(24)11-13/h2-12H,1H3,(H2,26,27,28). The second-order valence-corrected chi connectivity index (χ2v) is 7.08. The third-order valence-electron chi connectivity index (χ3n) is 4.36. The second-order valence-electron chi connectivity index (χ2n) is 6.27. The Balaban J connectivity index is 1.80. The van der Waals surface area contributed by atoms with Crippen LogP contribution in [0.25, 0.3) is 10.9 Å². The highest BCUT2D eigenvalue weighted by atomic mass is 35.5. The molecule has 146 valence electrons. The molecule has 4 aromatic rings. The minimum atomic E-state index is -0.414. The molecule has 0 atom stereocenters. The number of fused-ring (bicyclic) bond motifs is 1. The van der Waals surface area contributed by atoms with Gasteiger partial charge >= 0.3 is 0 Å². The number of anilines is 4.